The zero-order chi connectivity index (χ0) is 12.0. The highest BCUT2D eigenvalue weighted by Crippen LogP contribution is 2.22. The van der Waals surface area contributed by atoms with Crippen molar-refractivity contribution in [3.8, 4) is 0 Å². The molecule has 1 unspecified atom stereocenters. The van der Waals surface area contributed by atoms with Crippen molar-refractivity contribution in [1.82, 2.24) is 5.32 Å². The van der Waals surface area contributed by atoms with Gasteiger partial charge in [-0.1, -0.05) is 29.8 Å². The van der Waals surface area contributed by atoms with Crippen LogP contribution < -0.4 is 5.32 Å². The normalized spacial score (nSPS) is 14.8. The molecule has 1 aromatic rings. The number of hydrogen-bond acceptors (Lipinski definition) is 2. The molecule has 2 nitrogen and oxygen atoms in total. The van der Waals surface area contributed by atoms with E-state index in [4.69, 9.17) is 16.3 Å². The lowest BCUT2D eigenvalue weighted by Gasteiger charge is -2.21. The number of halogens is 1. The molecule has 0 amide bonds. The maximum absolute atomic E-state index is 6.14. The second kappa shape index (κ2) is 6.89. The Hall–Kier alpha value is -0.570. The topological polar surface area (TPSA) is 21.3 Å². The number of ether oxygens (including phenoxy) is 1. The highest BCUT2D eigenvalue weighted by molar-refractivity contribution is 6.31. The number of rotatable bonds is 6. The molecule has 0 radical (unpaired) electrons. The van der Waals surface area contributed by atoms with Gasteiger partial charge in [0.15, 0.2) is 0 Å². The smallest absolute Gasteiger partial charge is 0.0476 e. The highest BCUT2D eigenvalue weighted by atomic mass is 35.5. The maximum Gasteiger partial charge on any atom is 0.0476 e. The Morgan fingerprint density at radius 1 is 1.31 bits per heavy atom. The van der Waals surface area contributed by atoms with Gasteiger partial charge in [0.2, 0.25) is 0 Å². The molecule has 0 aliphatic heterocycles. The monoisotopic (exact) mass is 241 g/mol. The highest BCUT2D eigenvalue weighted by Gasteiger charge is 2.11. The van der Waals surface area contributed by atoms with Gasteiger partial charge in [-0.25, -0.2) is 0 Å². The van der Waals surface area contributed by atoms with E-state index in [0.717, 1.165) is 23.6 Å². The average Bonchev–Trinajstić information content (AvgIpc) is 2.26. The molecule has 0 fully saturated rings. The first kappa shape index (κ1) is 13.5. The predicted molar refractivity (Wildman–Crippen MR) is 69.0 cm³/mol. The van der Waals surface area contributed by atoms with Crippen LogP contribution in [-0.4, -0.2) is 19.8 Å². The molecular weight excluding hydrogens is 222 g/mol. The summed E-state index contributed by atoms with van der Waals surface area (Å²) >= 11 is 6.14. The van der Waals surface area contributed by atoms with Gasteiger partial charge in [0.25, 0.3) is 0 Å². The molecular formula is C13H20ClNO. The summed E-state index contributed by atoms with van der Waals surface area (Å²) in [6.07, 6.45) is 1.01. The summed E-state index contributed by atoms with van der Waals surface area (Å²) in [5, 5.41) is 4.33. The van der Waals surface area contributed by atoms with E-state index < -0.39 is 0 Å². The molecule has 0 bridgehead atoms. The molecule has 0 spiro atoms. The molecule has 1 N–H and O–H groups in total. The molecule has 0 heterocycles. The van der Waals surface area contributed by atoms with E-state index >= 15 is 0 Å². The molecule has 3 heteroatoms. The van der Waals surface area contributed by atoms with Gasteiger partial charge in [-0.3, -0.25) is 0 Å². The van der Waals surface area contributed by atoms with Crippen LogP contribution in [-0.2, 0) is 4.74 Å². The van der Waals surface area contributed by atoms with Gasteiger partial charge in [0.1, 0.15) is 0 Å². The van der Waals surface area contributed by atoms with Gasteiger partial charge in [-0.05, 0) is 31.9 Å². The van der Waals surface area contributed by atoms with Crippen molar-refractivity contribution in [2.75, 3.05) is 13.7 Å². The molecule has 2 atom stereocenters. The predicted octanol–water partition coefficient (Wildman–Crippen LogP) is 3.42. The summed E-state index contributed by atoms with van der Waals surface area (Å²) in [5.41, 5.74) is 1.15. The van der Waals surface area contributed by atoms with Crippen LogP contribution >= 0.6 is 11.6 Å². The first-order valence-corrected chi connectivity index (χ1v) is 6.02. The Labute approximate surface area is 103 Å². The van der Waals surface area contributed by atoms with E-state index in [1.807, 2.05) is 18.2 Å². The summed E-state index contributed by atoms with van der Waals surface area (Å²) in [4.78, 5) is 0. The fraction of sp³-hybridized carbons (Fsp3) is 0.538. The molecule has 0 aliphatic carbocycles. The summed E-state index contributed by atoms with van der Waals surface area (Å²) in [5.74, 6) is 0. The van der Waals surface area contributed by atoms with Crippen molar-refractivity contribution >= 4 is 11.6 Å². The van der Waals surface area contributed by atoms with Gasteiger partial charge in [-0.2, -0.15) is 0 Å². The molecule has 0 aromatic heterocycles. The molecule has 0 aliphatic rings. The van der Waals surface area contributed by atoms with Crippen molar-refractivity contribution < 1.29 is 4.74 Å². The van der Waals surface area contributed by atoms with Crippen LogP contribution in [0.15, 0.2) is 24.3 Å². The number of nitrogens with one attached hydrogen (secondary N) is 1. The second-order valence-corrected chi connectivity index (χ2v) is 4.50. The van der Waals surface area contributed by atoms with Gasteiger partial charge >= 0.3 is 0 Å². The quantitative estimate of drug-likeness (QED) is 0.824. The largest absolute Gasteiger partial charge is 0.385 e. The molecule has 0 saturated heterocycles. The average molecular weight is 242 g/mol. The van der Waals surface area contributed by atoms with Crippen molar-refractivity contribution in [3.63, 3.8) is 0 Å². The minimum atomic E-state index is 0.264. The van der Waals surface area contributed by atoms with Gasteiger partial charge in [-0.15, -0.1) is 0 Å². The molecule has 0 saturated carbocycles. The van der Waals surface area contributed by atoms with Gasteiger partial charge < -0.3 is 10.1 Å². The standard InChI is InChI=1S/C13H20ClNO/c1-10(8-9-16-3)15-11(2)12-6-4-5-7-13(12)14/h4-7,10-11,15H,8-9H2,1-3H3/t10?,11-/m1/s1. The van der Waals surface area contributed by atoms with E-state index in [2.05, 4.69) is 25.2 Å². The van der Waals surface area contributed by atoms with Crippen molar-refractivity contribution in [2.24, 2.45) is 0 Å². The second-order valence-electron chi connectivity index (χ2n) is 4.09. The molecule has 1 aromatic carbocycles. The maximum atomic E-state index is 6.14. The van der Waals surface area contributed by atoms with Gasteiger partial charge in [0, 0.05) is 30.8 Å². The fourth-order valence-electron chi connectivity index (χ4n) is 1.72. The van der Waals surface area contributed by atoms with Crippen LogP contribution in [0, 0.1) is 0 Å². The third-order valence-corrected chi connectivity index (χ3v) is 3.01. The Morgan fingerprint density at radius 3 is 2.62 bits per heavy atom. The summed E-state index contributed by atoms with van der Waals surface area (Å²) < 4.78 is 5.06. The van der Waals surface area contributed by atoms with Crippen LogP contribution in [0.25, 0.3) is 0 Å². The van der Waals surface area contributed by atoms with E-state index in [1.54, 1.807) is 7.11 Å². The minimum absolute atomic E-state index is 0.264. The summed E-state index contributed by atoms with van der Waals surface area (Å²) in [6.45, 7) is 5.07. The summed E-state index contributed by atoms with van der Waals surface area (Å²) in [7, 11) is 1.73. The third kappa shape index (κ3) is 4.12. The lowest BCUT2D eigenvalue weighted by Crippen LogP contribution is -2.30. The first-order valence-electron chi connectivity index (χ1n) is 5.64. The van der Waals surface area contributed by atoms with Crippen molar-refractivity contribution in [2.45, 2.75) is 32.4 Å². The Balaban J connectivity index is 2.52. The minimum Gasteiger partial charge on any atom is -0.385 e. The van der Waals surface area contributed by atoms with E-state index in [9.17, 15) is 0 Å². The lowest BCUT2D eigenvalue weighted by atomic mass is 10.1. The number of benzene rings is 1. The number of hydrogen-bond donors (Lipinski definition) is 1. The molecule has 16 heavy (non-hydrogen) atoms. The van der Waals surface area contributed by atoms with Crippen molar-refractivity contribution in [1.29, 1.82) is 0 Å². The molecule has 1 rings (SSSR count). The Kier molecular flexibility index (Phi) is 5.81. The Bertz CT molecular complexity index is 317. The fourth-order valence-corrected chi connectivity index (χ4v) is 2.02. The Morgan fingerprint density at radius 2 is 2.00 bits per heavy atom. The van der Waals surface area contributed by atoms with Crippen LogP contribution in [0.4, 0.5) is 0 Å². The zero-order valence-electron chi connectivity index (χ0n) is 10.2. The van der Waals surface area contributed by atoms with E-state index in [1.165, 1.54) is 0 Å². The molecule has 90 valence electrons. The van der Waals surface area contributed by atoms with Crippen LogP contribution in [0.3, 0.4) is 0 Å². The summed E-state index contributed by atoms with van der Waals surface area (Å²) in [6, 6.07) is 8.64. The third-order valence-electron chi connectivity index (χ3n) is 2.66. The SMILES string of the molecule is COCCC(C)N[C@H](C)c1ccccc1Cl. The zero-order valence-corrected chi connectivity index (χ0v) is 10.9. The lowest BCUT2D eigenvalue weighted by molar-refractivity contribution is 0.183. The van der Waals surface area contributed by atoms with E-state index in [0.29, 0.717) is 6.04 Å². The van der Waals surface area contributed by atoms with Crippen LogP contribution in [0.5, 0.6) is 0 Å². The number of methoxy groups -OCH3 is 1. The van der Waals surface area contributed by atoms with Crippen molar-refractivity contribution in [3.05, 3.63) is 34.9 Å². The first-order chi connectivity index (χ1) is 7.65. The van der Waals surface area contributed by atoms with Crippen LogP contribution in [0.1, 0.15) is 31.9 Å². The van der Waals surface area contributed by atoms with Crippen LogP contribution in [0.2, 0.25) is 5.02 Å². The van der Waals surface area contributed by atoms with Gasteiger partial charge in [0.05, 0.1) is 0 Å². The van der Waals surface area contributed by atoms with E-state index in [-0.39, 0.29) is 6.04 Å².